The maximum Gasteiger partial charge on any atom is 0.223 e. The molecule has 0 spiro atoms. The zero-order valence-corrected chi connectivity index (χ0v) is 17.1. The Labute approximate surface area is 171 Å². The van der Waals surface area contributed by atoms with Crippen molar-refractivity contribution in [2.45, 2.75) is 19.8 Å². The van der Waals surface area contributed by atoms with Gasteiger partial charge in [-0.15, -0.1) is 0 Å². The second kappa shape index (κ2) is 9.45. The van der Waals surface area contributed by atoms with Crippen LogP contribution in [0.3, 0.4) is 0 Å². The van der Waals surface area contributed by atoms with E-state index in [4.69, 9.17) is 11.6 Å². The molecule has 1 aliphatic heterocycles. The van der Waals surface area contributed by atoms with Gasteiger partial charge in [0, 0.05) is 49.3 Å². The molecule has 9 heteroatoms. The minimum atomic E-state index is -2.14. The average molecular weight is 422 g/mol. The van der Waals surface area contributed by atoms with Gasteiger partial charge in [0.25, 0.3) is 0 Å². The maximum absolute atomic E-state index is 12.2. The van der Waals surface area contributed by atoms with E-state index in [1.54, 1.807) is 12.4 Å². The second-order valence-corrected chi connectivity index (χ2v) is 8.17. The fraction of sp³-hybridized carbons (Fsp3) is 0.421. The van der Waals surface area contributed by atoms with E-state index in [0.29, 0.717) is 31.0 Å². The van der Waals surface area contributed by atoms with Crippen molar-refractivity contribution in [2.24, 2.45) is 5.92 Å². The summed E-state index contributed by atoms with van der Waals surface area (Å²) < 4.78 is 21.1. The summed E-state index contributed by atoms with van der Waals surface area (Å²) >= 11 is 4.22. The van der Waals surface area contributed by atoms with E-state index in [0.717, 1.165) is 22.6 Å². The van der Waals surface area contributed by atoms with Crippen LogP contribution in [0.25, 0.3) is 11.3 Å². The van der Waals surface area contributed by atoms with Crippen LogP contribution in [0.5, 0.6) is 0 Å². The van der Waals surface area contributed by atoms with Gasteiger partial charge < -0.3 is 14.8 Å². The topological polar surface area (TPSA) is 98.2 Å². The number of anilines is 1. The van der Waals surface area contributed by atoms with Gasteiger partial charge in [0.1, 0.15) is 5.82 Å². The number of hydrogen-bond donors (Lipinski definition) is 1. The van der Waals surface area contributed by atoms with Crippen LogP contribution in [0.1, 0.15) is 18.4 Å². The number of aryl methyl sites for hydroxylation is 1. The van der Waals surface area contributed by atoms with Gasteiger partial charge in [-0.25, -0.2) is 4.98 Å². The summed E-state index contributed by atoms with van der Waals surface area (Å²) in [7, 11) is 0. The van der Waals surface area contributed by atoms with Crippen molar-refractivity contribution in [2.75, 3.05) is 30.3 Å². The van der Waals surface area contributed by atoms with Crippen LogP contribution in [-0.2, 0) is 15.9 Å². The number of aromatic nitrogens is 2. The van der Waals surface area contributed by atoms with Crippen molar-refractivity contribution in [3.8, 4) is 11.3 Å². The van der Waals surface area contributed by atoms with Crippen LogP contribution in [0.15, 0.2) is 30.6 Å². The number of halogens is 1. The van der Waals surface area contributed by atoms with E-state index in [2.05, 4.69) is 20.2 Å². The zero-order chi connectivity index (χ0) is 20.1. The molecule has 0 aromatic carbocycles. The molecule has 2 aromatic rings. The van der Waals surface area contributed by atoms with Gasteiger partial charge in [0.15, 0.2) is 0 Å². The van der Waals surface area contributed by atoms with E-state index in [1.165, 1.54) is 0 Å². The summed E-state index contributed by atoms with van der Waals surface area (Å²) in [5.41, 5.74) is 2.72. The lowest BCUT2D eigenvalue weighted by Crippen LogP contribution is -2.41. The lowest BCUT2D eigenvalue weighted by Gasteiger charge is -2.32. The van der Waals surface area contributed by atoms with Crippen molar-refractivity contribution in [1.82, 2.24) is 15.3 Å². The Hall–Kier alpha value is -2.03. The van der Waals surface area contributed by atoms with Crippen LogP contribution in [-0.4, -0.2) is 50.0 Å². The Morgan fingerprint density at radius 1 is 1.39 bits per heavy atom. The first-order valence-electron chi connectivity index (χ1n) is 9.11. The van der Waals surface area contributed by atoms with Gasteiger partial charge in [-0.3, -0.25) is 14.0 Å². The third kappa shape index (κ3) is 5.06. The number of nitrogens with one attached hydrogen (secondary N) is 1. The number of piperidine rings is 1. The minimum absolute atomic E-state index is 0.0605. The zero-order valence-electron chi connectivity index (χ0n) is 15.6. The molecule has 1 unspecified atom stereocenters. The third-order valence-electron chi connectivity index (χ3n) is 4.86. The predicted octanol–water partition coefficient (Wildman–Crippen LogP) is 2.32. The standard InChI is InChI=1S/C19H23ClN4O3S/c1-13-3-2-6-21-18(13)15-11-17(23-12-16(15)20)24-8-4-14(5-9-24)19(25)22-7-10-28(26)27/h2-3,6,11-12,14H,4-5,7-10H2,1H3,(H,22,25)(H,26,27)/p-1. The monoisotopic (exact) mass is 421 g/mol. The molecule has 0 radical (unpaired) electrons. The Kier molecular flexibility index (Phi) is 6.98. The lowest BCUT2D eigenvalue weighted by molar-refractivity contribution is -0.125. The molecule has 3 rings (SSSR count). The van der Waals surface area contributed by atoms with Crippen molar-refractivity contribution in [3.63, 3.8) is 0 Å². The second-order valence-electron chi connectivity index (χ2n) is 6.75. The molecule has 1 amide bonds. The minimum Gasteiger partial charge on any atom is -0.772 e. The SMILES string of the molecule is Cc1cccnc1-c1cc(N2CCC(C(=O)NCCS(=O)[O-])CC2)ncc1Cl. The van der Waals surface area contributed by atoms with E-state index < -0.39 is 11.1 Å². The highest BCUT2D eigenvalue weighted by Crippen LogP contribution is 2.32. The van der Waals surface area contributed by atoms with Gasteiger partial charge in [-0.2, -0.15) is 0 Å². The number of nitrogens with zero attached hydrogens (tertiary/aromatic N) is 3. The molecule has 1 saturated heterocycles. The molecule has 0 aliphatic carbocycles. The number of amides is 1. The van der Waals surface area contributed by atoms with Crippen LogP contribution in [0, 0.1) is 12.8 Å². The number of carbonyl (C=O) groups is 1. The quantitative estimate of drug-likeness (QED) is 0.718. The summed E-state index contributed by atoms with van der Waals surface area (Å²) in [4.78, 5) is 23.2. The molecular weight excluding hydrogens is 400 g/mol. The van der Waals surface area contributed by atoms with Gasteiger partial charge in [-0.05, 0) is 37.5 Å². The fourth-order valence-corrected chi connectivity index (χ4v) is 3.78. The molecule has 1 fully saturated rings. The Bertz CT molecular complexity index is 872. The lowest BCUT2D eigenvalue weighted by atomic mass is 9.95. The first-order valence-corrected chi connectivity index (χ1v) is 10.7. The van der Waals surface area contributed by atoms with Gasteiger partial charge in [0.05, 0.1) is 10.7 Å². The Balaban J connectivity index is 1.65. The molecule has 0 bridgehead atoms. The van der Waals surface area contributed by atoms with Crippen molar-refractivity contribution in [1.29, 1.82) is 0 Å². The average Bonchev–Trinajstić information content (AvgIpc) is 2.69. The molecule has 150 valence electrons. The normalized spacial score (nSPS) is 16.0. The molecule has 0 saturated carbocycles. The molecule has 1 N–H and O–H groups in total. The smallest absolute Gasteiger partial charge is 0.223 e. The summed E-state index contributed by atoms with van der Waals surface area (Å²) in [5.74, 6) is 0.555. The first-order chi connectivity index (χ1) is 13.5. The van der Waals surface area contributed by atoms with Gasteiger partial charge in [-0.1, -0.05) is 28.7 Å². The van der Waals surface area contributed by atoms with E-state index in [1.807, 2.05) is 25.1 Å². The fourth-order valence-electron chi connectivity index (χ4n) is 3.32. The molecule has 28 heavy (non-hydrogen) atoms. The number of hydrogen-bond acceptors (Lipinski definition) is 6. The van der Waals surface area contributed by atoms with Gasteiger partial charge >= 0.3 is 0 Å². The van der Waals surface area contributed by atoms with Crippen LogP contribution in [0.2, 0.25) is 5.02 Å². The third-order valence-corrected chi connectivity index (χ3v) is 5.70. The molecule has 7 nitrogen and oxygen atoms in total. The van der Waals surface area contributed by atoms with Crippen LogP contribution >= 0.6 is 11.6 Å². The van der Waals surface area contributed by atoms with E-state index in [9.17, 15) is 13.6 Å². The van der Waals surface area contributed by atoms with Gasteiger partial charge in [0.2, 0.25) is 5.91 Å². The molecule has 2 aromatic heterocycles. The van der Waals surface area contributed by atoms with E-state index in [-0.39, 0.29) is 24.1 Å². The summed E-state index contributed by atoms with van der Waals surface area (Å²) in [6.45, 7) is 3.54. The van der Waals surface area contributed by atoms with Crippen molar-refractivity contribution >= 4 is 34.4 Å². The van der Waals surface area contributed by atoms with Crippen LogP contribution in [0.4, 0.5) is 5.82 Å². The highest BCUT2D eigenvalue weighted by molar-refractivity contribution is 7.79. The van der Waals surface area contributed by atoms with Crippen LogP contribution < -0.4 is 10.2 Å². The summed E-state index contributed by atoms with van der Waals surface area (Å²) in [5, 5.41) is 3.24. The predicted molar refractivity (Wildman–Crippen MR) is 109 cm³/mol. The highest BCUT2D eigenvalue weighted by atomic mass is 35.5. The molecule has 3 heterocycles. The Morgan fingerprint density at radius 2 is 2.14 bits per heavy atom. The first kappa shape index (κ1) is 20.7. The number of carbonyl (C=O) groups excluding carboxylic acids is 1. The number of rotatable bonds is 6. The highest BCUT2D eigenvalue weighted by Gasteiger charge is 2.26. The van der Waals surface area contributed by atoms with E-state index >= 15 is 0 Å². The largest absolute Gasteiger partial charge is 0.772 e. The summed E-state index contributed by atoms with van der Waals surface area (Å²) in [6, 6.07) is 5.83. The molecule has 1 atom stereocenters. The molecular formula is C19H22ClN4O3S-. The van der Waals surface area contributed by atoms with Crippen molar-refractivity contribution in [3.05, 3.63) is 41.2 Å². The Morgan fingerprint density at radius 3 is 2.82 bits per heavy atom. The molecule has 1 aliphatic rings. The van der Waals surface area contributed by atoms with Crippen molar-refractivity contribution < 1.29 is 13.6 Å². The summed E-state index contributed by atoms with van der Waals surface area (Å²) in [6.07, 6.45) is 4.76. The number of pyridine rings is 2. The maximum atomic E-state index is 12.2.